The fourth-order valence-corrected chi connectivity index (χ4v) is 3.74. The van der Waals surface area contributed by atoms with Crippen LogP contribution in [0.5, 0.6) is 0 Å². The summed E-state index contributed by atoms with van der Waals surface area (Å²) in [6.45, 7) is 2.17. The quantitative estimate of drug-likeness (QED) is 0.803. The summed E-state index contributed by atoms with van der Waals surface area (Å²) in [5.74, 6) is -0.845. The van der Waals surface area contributed by atoms with Gasteiger partial charge in [0, 0.05) is 5.02 Å². The maximum absolute atomic E-state index is 11.7. The molecule has 0 spiro atoms. The van der Waals surface area contributed by atoms with E-state index in [0.29, 0.717) is 27.2 Å². The van der Waals surface area contributed by atoms with Gasteiger partial charge in [-0.2, -0.15) is 0 Å². The first-order chi connectivity index (χ1) is 9.40. The molecule has 3 N–H and O–H groups in total. The summed E-state index contributed by atoms with van der Waals surface area (Å²) < 4.78 is 0. The molecule has 0 aliphatic heterocycles. The highest BCUT2D eigenvalue weighted by Gasteiger charge is 2.34. The van der Waals surface area contributed by atoms with Crippen molar-refractivity contribution in [1.82, 2.24) is 0 Å². The lowest BCUT2D eigenvalue weighted by atomic mass is 9.73. The number of carbonyl (C=O) groups is 1. The molecule has 110 valence electrons. The van der Waals surface area contributed by atoms with Crippen LogP contribution >= 0.6 is 23.2 Å². The Morgan fingerprint density at radius 1 is 1.40 bits per heavy atom. The number of aliphatic carboxylic acids is 1. The number of carboxylic acid groups (broad SMARTS) is 1. The van der Waals surface area contributed by atoms with Gasteiger partial charge >= 0.3 is 5.97 Å². The third kappa shape index (κ3) is 3.21. The Morgan fingerprint density at radius 3 is 2.70 bits per heavy atom. The summed E-state index contributed by atoms with van der Waals surface area (Å²) in [5.41, 5.74) is 6.86. The van der Waals surface area contributed by atoms with Gasteiger partial charge in [0.15, 0.2) is 0 Å². The smallest absolute Gasteiger partial charge is 0.311 e. The van der Waals surface area contributed by atoms with Crippen molar-refractivity contribution in [2.24, 2.45) is 11.8 Å². The van der Waals surface area contributed by atoms with Gasteiger partial charge in [-0.15, -0.1) is 0 Å². The van der Waals surface area contributed by atoms with E-state index in [1.54, 1.807) is 12.1 Å². The molecule has 1 aliphatic carbocycles. The minimum Gasteiger partial charge on any atom is -0.481 e. The number of hydrogen-bond donors (Lipinski definition) is 2. The Kier molecular flexibility index (Phi) is 4.82. The highest BCUT2D eigenvalue weighted by molar-refractivity contribution is 6.36. The number of halogens is 2. The highest BCUT2D eigenvalue weighted by Crippen LogP contribution is 2.42. The largest absolute Gasteiger partial charge is 0.481 e. The molecule has 0 aromatic heterocycles. The standard InChI is InChI=1S/C15H19Cl2NO2/c1-8-3-2-4-9(5-8)13(15(19)20)11-6-10(16)7-12(17)14(11)18/h6-9,13H,2-5,18H2,1H3,(H,19,20). The van der Waals surface area contributed by atoms with Crippen molar-refractivity contribution < 1.29 is 9.90 Å². The van der Waals surface area contributed by atoms with E-state index in [4.69, 9.17) is 28.9 Å². The van der Waals surface area contributed by atoms with Gasteiger partial charge in [-0.05, 0) is 42.4 Å². The number of nitrogen functional groups attached to an aromatic ring is 1. The van der Waals surface area contributed by atoms with Crippen LogP contribution in [0, 0.1) is 11.8 Å². The van der Waals surface area contributed by atoms with Gasteiger partial charge < -0.3 is 10.8 Å². The summed E-state index contributed by atoms with van der Waals surface area (Å²) in [6.07, 6.45) is 4.03. The highest BCUT2D eigenvalue weighted by atomic mass is 35.5. The van der Waals surface area contributed by atoms with E-state index in [2.05, 4.69) is 6.92 Å². The predicted molar refractivity (Wildman–Crippen MR) is 82.4 cm³/mol. The second-order valence-corrected chi connectivity index (χ2v) is 6.58. The van der Waals surface area contributed by atoms with E-state index in [-0.39, 0.29) is 5.92 Å². The SMILES string of the molecule is CC1CCCC(C(C(=O)O)c2cc(Cl)cc(Cl)c2N)C1. The zero-order chi connectivity index (χ0) is 14.9. The average molecular weight is 316 g/mol. The second kappa shape index (κ2) is 6.23. The van der Waals surface area contributed by atoms with E-state index in [9.17, 15) is 9.90 Å². The molecule has 0 bridgehead atoms. The monoisotopic (exact) mass is 315 g/mol. The Bertz CT molecular complexity index is 519. The topological polar surface area (TPSA) is 63.3 Å². The Hall–Kier alpha value is -0.930. The molecular formula is C15H19Cl2NO2. The van der Waals surface area contributed by atoms with Crippen LogP contribution in [0.2, 0.25) is 10.0 Å². The number of rotatable bonds is 3. The molecule has 0 amide bonds. The zero-order valence-electron chi connectivity index (χ0n) is 11.4. The lowest BCUT2D eigenvalue weighted by molar-refractivity contribution is -0.140. The molecule has 0 saturated heterocycles. The van der Waals surface area contributed by atoms with Crippen molar-refractivity contribution in [3.05, 3.63) is 27.7 Å². The molecule has 3 nitrogen and oxygen atoms in total. The maximum Gasteiger partial charge on any atom is 0.311 e. The summed E-state index contributed by atoms with van der Waals surface area (Å²) in [4.78, 5) is 11.7. The van der Waals surface area contributed by atoms with Crippen LogP contribution < -0.4 is 5.73 Å². The van der Waals surface area contributed by atoms with E-state index in [1.807, 2.05) is 0 Å². The van der Waals surface area contributed by atoms with Crippen LogP contribution in [0.3, 0.4) is 0 Å². The van der Waals surface area contributed by atoms with Gasteiger partial charge in [0.05, 0.1) is 16.6 Å². The van der Waals surface area contributed by atoms with E-state index >= 15 is 0 Å². The summed E-state index contributed by atoms with van der Waals surface area (Å²) in [5, 5.41) is 10.4. The fraction of sp³-hybridized carbons (Fsp3) is 0.533. The van der Waals surface area contributed by atoms with Crippen molar-refractivity contribution in [2.75, 3.05) is 5.73 Å². The minimum absolute atomic E-state index is 0.0908. The van der Waals surface area contributed by atoms with E-state index < -0.39 is 11.9 Å². The van der Waals surface area contributed by atoms with Gasteiger partial charge in [-0.25, -0.2) is 0 Å². The van der Waals surface area contributed by atoms with Crippen LogP contribution in [0.25, 0.3) is 0 Å². The molecule has 1 fully saturated rings. The molecule has 3 atom stereocenters. The minimum atomic E-state index is -0.853. The van der Waals surface area contributed by atoms with Gasteiger partial charge in [0.2, 0.25) is 0 Å². The lowest BCUT2D eigenvalue weighted by Gasteiger charge is -2.32. The number of nitrogens with two attached hydrogens (primary N) is 1. The molecular weight excluding hydrogens is 297 g/mol. The Morgan fingerprint density at radius 2 is 2.10 bits per heavy atom. The maximum atomic E-state index is 11.7. The molecule has 1 aromatic carbocycles. The van der Waals surface area contributed by atoms with Crippen LogP contribution in [-0.4, -0.2) is 11.1 Å². The molecule has 1 aliphatic rings. The van der Waals surface area contributed by atoms with Gasteiger partial charge in [0.1, 0.15) is 0 Å². The van der Waals surface area contributed by atoms with Crippen molar-refractivity contribution in [3.8, 4) is 0 Å². The Labute approximate surface area is 129 Å². The average Bonchev–Trinajstić information content (AvgIpc) is 2.35. The first-order valence-corrected chi connectivity index (χ1v) is 7.63. The molecule has 5 heteroatoms. The van der Waals surface area contributed by atoms with Crippen LogP contribution in [0.15, 0.2) is 12.1 Å². The van der Waals surface area contributed by atoms with Crippen LogP contribution in [0.4, 0.5) is 5.69 Å². The van der Waals surface area contributed by atoms with Gasteiger partial charge in [-0.3, -0.25) is 4.79 Å². The second-order valence-electron chi connectivity index (χ2n) is 5.74. The first kappa shape index (κ1) is 15.5. The third-order valence-electron chi connectivity index (χ3n) is 4.18. The van der Waals surface area contributed by atoms with E-state index in [1.165, 1.54) is 0 Å². The number of benzene rings is 1. The molecule has 3 unspecified atom stereocenters. The fourth-order valence-electron chi connectivity index (χ4n) is 3.23. The van der Waals surface area contributed by atoms with Gasteiger partial charge in [-0.1, -0.05) is 43.0 Å². The predicted octanol–water partition coefficient (Wildman–Crippen LogP) is 4.57. The van der Waals surface area contributed by atoms with Gasteiger partial charge in [0.25, 0.3) is 0 Å². The number of hydrogen-bond acceptors (Lipinski definition) is 2. The number of carboxylic acids is 1. The first-order valence-electron chi connectivity index (χ1n) is 6.87. The molecule has 0 heterocycles. The van der Waals surface area contributed by atoms with Crippen molar-refractivity contribution >= 4 is 34.9 Å². The molecule has 1 aromatic rings. The normalized spacial score (nSPS) is 24.4. The summed E-state index contributed by atoms with van der Waals surface area (Å²) in [6, 6.07) is 3.19. The van der Waals surface area contributed by atoms with Crippen LogP contribution in [0.1, 0.15) is 44.1 Å². The van der Waals surface area contributed by atoms with Crippen molar-refractivity contribution in [3.63, 3.8) is 0 Å². The molecule has 1 saturated carbocycles. The third-order valence-corrected chi connectivity index (χ3v) is 4.71. The molecule has 0 radical (unpaired) electrons. The number of anilines is 1. The molecule has 20 heavy (non-hydrogen) atoms. The van der Waals surface area contributed by atoms with Crippen molar-refractivity contribution in [2.45, 2.75) is 38.5 Å². The summed E-state index contributed by atoms with van der Waals surface area (Å²) in [7, 11) is 0. The molecule has 2 rings (SSSR count). The zero-order valence-corrected chi connectivity index (χ0v) is 12.9. The van der Waals surface area contributed by atoms with Crippen molar-refractivity contribution in [1.29, 1.82) is 0 Å². The Balaban J connectivity index is 2.41. The lowest BCUT2D eigenvalue weighted by Crippen LogP contribution is -2.27. The van der Waals surface area contributed by atoms with Crippen LogP contribution in [-0.2, 0) is 4.79 Å². The van der Waals surface area contributed by atoms with E-state index in [0.717, 1.165) is 25.7 Å². The summed E-state index contributed by atoms with van der Waals surface area (Å²) >= 11 is 12.0.